The van der Waals surface area contributed by atoms with Gasteiger partial charge in [-0.3, -0.25) is 0 Å². The van der Waals surface area contributed by atoms with Crippen molar-refractivity contribution in [2.75, 3.05) is 0 Å². The molecule has 0 radical (unpaired) electrons. The zero-order valence-electron chi connectivity index (χ0n) is 6.56. The third-order valence-corrected chi connectivity index (χ3v) is 2.10. The SMILES string of the molecule is Cc1c(F)ccc2c1COC2=O. The van der Waals surface area contributed by atoms with Crippen molar-refractivity contribution in [1.29, 1.82) is 0 Å². The molecule has 1 aromatic carbocycles. The van der Waals surface area contributed by atoms with Crippen molar-refractivity contribution < 1.29 is 13.9 Å². The van der Waals surface area contributed by atoms with Crippen molar-refractivity contribution in [2.24, 2.45) is 0 Å². The number of carbonyl (C=O) groups is 1. The van der Waals surface area contributed by atoms with Crippen LogP contribution in [0.2, 0.25) is 0 Å². The van der Waals surface area contributed by atoms with E-state index in [0.29, 0.717) is 16.7 Å². The highest BCUT2D eigenvalue weighted by molar-refractivity contribution is 5.93. The summed E-state index contributed by atoms with van der Waals surface area (Å²) in [6.45, 7) is 1.86. The number of cyclic esters (lactones) is 1. The molecule has 0 saturated carbocycles. The van der Waals surface area contributed by atoms with E-state index in [-0.39, 0.29) is 18.4 Å². The summed E-state index contributed by atoms with van der Waals surface area (Å²) in [5.41, 5.74) is 1.69. The average Bonchev–Trinajstić information content (AvgIpc) is 2.41. The maximum absolute atomic E-state index is 12.9. The molecule has 0 amide bonds. The highest BCUT2D eigenvalue weighted by atomic mass is 19.1. The van der Waals surface area contributed by atoms with E-state index in [2.05, 4.69) is 0 Å². The van der Waals surface area contributed by atoms with Gasteiger partial charge >= 0.3 is 5.97 Å². The Hall–Kier alpha value is -1.38. The molecule has 3 heteroatoms. The number of hydrogen-bond acceptors (Lipinski definition) is 2. The highest BCUT2D eigenvalue weighted by Crippen LogP contribution is 2.24. The van der Waals surface area contributed by atoms with Gasteiger partial charge in [-0.05, 0) is 24.6 Å². The molecule has 1 aromatic rings. The quantitative estimate of drug-likeness (QED) is 0.549. The lowest BCUT2D eigenvalue weighted by Crippen LogP contribution is -1.95. The minimum absolute atomic E-state index is 0.206. The minimum atomic E-state index is -0.354. The van der Waals surface area contributed by atoms with Crippen LogP contribution in [0.1, 0.15) is 21.5 Å². The maximum atomic E-state index is 12.9. The van der Waals surface area contributed by atoms with Gasteiger partial charge in [-0.2, -0.15) is 0 Å². The number of halogens is 1. The lowest BCUT2D eigenvalue weighted by atomic mass is 10.0. The predicted molar refractivity (Wildman–Crippen MR) is 40.3 cm³/mol. The second kappa shape index (κ2) is 2.30. The van der Waals surface area contributed by atoms with Crippen LogP contribution in [0.5, 0.6) is 0 Å². The fraction of sp³-hybridized carbons (Fsp3) is 0.222. The molecular weight excluding hydrogens is 159 g/mol. The van der Waals surface area contributed by atoms with Gasteiger partial charge in [0, 0.05) is 5.56 Å². The third-order valence-electron chi connectivity index (χ3n) is 2.10. The summed E-state index contributed by atoms with van der Waals surface area (Å²) >= 11 is 0. The summed E-state index contributed by atoms with van der Waals surface area (Å²) < 4.78 is 17.7. The van der Waals surface area contributed by atoms with Crippen molar-refractivity contribution in [3.05, 3.63) is 34.6 Å². The Kier molecular flexibility index (Phi) is 1.40. The molecule has 1 aliphatic rings. The van der Waals surface area contributed by atoms with Crippen LogP contribution in [0.15, 0.2) is 12.1 Å². The van der Waals surface area contributed by atoms with Gasteiger partial charge in [-0.15, -0.1) is 0 Å². The second-order valence-electron chi connectivity index (χ2n) is 2.77. The molecule has 0 spiro atoms. The highest BCUT2D eigenvalue weighted by Gasteiger charge is 2.23. The standard InChI is InChI=1S/C9H7FO2/c1-5-7-4-12-9(11)6(7)2-3-8(5)10/h2-3H,4H2,1H3. The van der Waals surface area contributed by atoms with Gasteiger partial charge in [0.2, 0.25) is 0 Å². The summed E-state index contributed by atoms with van der Waals surface area (Å²) in [4.78, 5) is 11.0. The second-order valence-corrected chi connectivity index (χ2v) is 2.77. The first-order valence-corrected chi connectivity index (χ1v) is 3.65. The van der Waals surface area contributed by atoms with Crippen LogP contribution in [0.3, 0.4) is 0 Å². The van der Waals surface area contributed by atoms with Crippen LogP contribution in [0.25, 0.3) is 0 Å². The molecular formula is C9H7FO2. The Bertz CT molecular complexity index is 358. The molecule has 1 heterocycles. The zero-order valence-corrected chi connectivity index (χ0v) is 6.56. The van der Waals surface area contributed by atoms with Crippen molar-refractivity contribution in [3.8, 4) is 0 Å². The fourth-order valence-electron chi connectivity index (χ4n) is 1.32. The monoisotopic (exact) mass is 166 g/mol. The molecule has 62 valence electrons. The summed E-state index contributed by atoms with van der Waals surface area (Å²) in [6.07, 6.45) is 0. The molecule has 12 heavy (non-hydrogen) atoms. The largest absolute Gasteiger partial charge is 0.457 e. The Balaban J connectivity index is 2.68. The molecule has 2 nitrogen and oxygen atoms in total. The van der Waals surface area contributed by atoms with E-state index in [9.17, 15) is 9.18 Å². The summed E-state index contributed by atoms with van der Waals surface area (Å²) in [5, 5.41) is 0. The van der Waals surface area contributed by atoms with Crippen LogP contribution >= 0.6 is 0 Å². The van der Waals surface area contributed by atoms with Crippen LogP contribution in [0, 0.1) is 12.7 Å². The smallest absolute Gasteiger partial charge is 0.338 e. The van der Waals surface area contributed by atoms with E-state index in [1.54, 1.807) is 6.92 Å². The Morgan fingerprint density at radius 1 is 1.50 bits per heavy atom. The number of ether oxygens (including phenoxy) is 1. The lowest BCUT2D eigenvalue weighted by Gasteiger charge is -1.99. The van der Waals surface area contributed by atoms with Crippen molar-refractivity contribution >= 4 is 5.97 Å². The number of rotatable bonds is 0. The molecule has 2 rings (SSSR count). The number of hydrogen-bond donors (Lipinski definition) is 0. The van der Waals surface area contributed by atoms with E-state index in [0.717, 1.165) is 0 Å². The Morgan fingerprint density at radius 2 is 2.25 bits per heavy atom. The van der Waals surface area contributed by atoms with E-state index >= 15 is 0 Å². The van der Waals surface area contributed by atoms with Crippen molar-refractivity contribution in [3.63, 3.8) is 0 Å². The van der Waals surface area contributed by atoms with Crippen LogP contribution in [-0.4, -0.2) is 5.97 Å². The summed E-state index contributed by atoms with van der Waals surface area (Å²) in [7, 11) is 0. The van der Waals surface area contributed by atoms with Crippen molar-refractivity contribution in [1.82, 2.24) is 0 Å². The molecule has 0 aromatic heterocycles. The molecule has 0 N–H and O–H groups in total. The first kappa shape index (κ1) is 7.28. The van der Waals surface area contributed by atoms with E-state index < -0.39 is 0 Å². The Morgan fingerprint density at radius 3 is 3.00 bits per heavy atom. The molecule has 0 fully saturated rings. The topological polar surface area (TPSA) is 26.3 Å². The van der Waals surface area contributed by atoms with Crippen LogP contribution < -0.4 is 0 Å². The van der Waals surface area contributed by atoms with Gasteiger partial charge in [0.05, 0.1) is 5.56 Å². The van der Waals surface area contributed by atoms with Crippen LogP contribution in [0.4, 0.5) is 4.39 Å². The zero-order chi connectivity index (χ0) is 8.72. The lowest BCUT2D eigenvalue weighted by molar-refractivity contribution is 0.0535. The number of benzene rings is 1. The average molecular weight is 166 g/mol. The molecule has 0 unspecified atom stereocenters. The molecule has 0 atom stereocenters. The molecule has 1 aliphatic heterocycles. The van der Waals surface area contributed by atoms with Gasteiger partial charge in [-0.25, -0.2) is 9.18 Å². The van der Waals surface area contributed by atoms with Crippen molar-refractivity contribution in [2.45, 2.75) is 13.5 Å². The van der Waals surface area contributed by atoms with Gasteiger partial charge in [-0.1, -0.05) is 0 Å². The normalized spacial score (nSPS) is 14.3. The molecule has 0 saturated heterocycles. The van der Waals surface area contributed by atoms with Gasteiger partial charge in [0.15, 0.2) is 0 Å². The van der Waals surface area contributed by atoms with Gasteiger partial charge in [0.1, 0.15) is 12.4 Å². The molecule has 0 bridgehead atoms. The molecule has 0 aliphatic carbocycles. The summed E-state index contributed by atoms with van der Waals surface area (Å²) in [6, 6.07) is 2.76. The van der Waals surface area contributed by atoms with Gasteiger partial charge < -0.3 is 4.74 Å². The Labute approximate surface area is 69.0 Å². The predicted octanol–water partition coefficient (Wildman–Crippen LogP) is 1.80. The summed E-state index contributed by atoms with van der Waals surface area (Å²) in [5.74, 6) is -0.639. The van der Waals surface area contributed by atoms with Crippen LogP contribution in [-0.2, 0) is 11.3 Å². The van der Waals surface area contributed by atoms with Gasteiger partial charge in [0.25, 0.3) is 0 Å². The van der Waals surface area contributed by atoms with E-state index in [4.69, 9.17) is 4.74 Å². The van der Waals surface area contributed by atoms with E-state index in [1.807, 2.05) is 0 Å². The first-order valence-electron chi connectivity index (χ1n) is 3.65. The fourth-order valence-corrected chi connectivity index (χ4v) is 1.32. The number of carbonyl (C=O) groups excluding carboxylic acids is 1. The maximum Gasteiger partial charge on any atom is 0.338 e. The number of fused-ring (bicyclic) bond motifs is 1. The number of esters is 1. The third kappa shape index (κ3) is 0.826. The van der Waals surface area contributed by atoms with E-state index in [1.165, 1.54) is 12.1 Å². The first-order chi connectivity index (χ1) is 5.70. The minimum Gasteiger partial charge on any atom is -0.457 e.